The first kappa shape index (κ1) is 6.55. The van der Waals surface area contributed by atoms with Gasteiger partial charge in [-0.1, -0.05) is 6.42 Å². The van der Waals surface area contributed by atoms with Gasteiger partial charge in [0.15, 0.2) is 0 Å². The van der Waals surface area contributed by atoms with E-state index in [1.807, 2.05) is 0 Å². The maximum atomic E-state index is 10.3. The molecule has 52 valence electrons. The summed E-state index contributed by atoms with van der Waals surface area (Å²) in [4.78, 5) is 10.3. The molecule has 1 saturated heterocycles. The topological polar surface area (TPSA) is 49.3 Å². The van der Waals surface area contributed by atoms with Gasteiger partial charge in [-0.25, -0.2) is 0 Å². The first-order chi connectivity index (χ1) is 4.30. The summed E-state index contributed by atoms with van der Waals surface area (Å²) >= 11 is 0. The van der Waals surface area contributed by atoms with E-state index in [0.717, 1.165) is 25.8 Å². The number of hydrogen-bond donors (Lipinski definition) is 2. The van der Waals surface area contributed by atoms with Crippen molar-refractivity contribution in [2.24, 2.45) is 0 Å². The third kappa shape index (κ3) is 1.68. The molecule has 1 aliphatic rings. The van der Waals surface area contributed by atoms with Gasteiger partial charge in [-0.05, 0) is 19.4 Å². The van der Waals surface area contributed by atoms with Crippen LogP contribution in [0, 0.1) is 0 Å². The number of aliphatic carboxylic acids is 1. The van der Waals surface area contributed by atoms with Crippen molar-refractivity contribution in [3.63, 3.8) is 0 Å². The van der Waals surface area contributed by atoms with E-state index < -0.39 is 5.97 Å². The molecule has 1 atom stereocenters. The molecule has 0 aliphatic carbocycles. The van der Waals surface area contributed by atoms with Gasteiger partial charge in [0.1, 0.15) is 6.04 Å². The van der Waals surface area contributed by atoms with Crippen LogP contribution in [-0.4, -0.2) is 23.7 Å². The summed E-state index contributed by atoms with van der Waals surface area (Å²) in [5.74, 6) is -0.713. The Labute approximate surface area is 54.1 Å². The Morgan fingerprint density at radius 2 is 2.33 bits per heavy atom. The fourth-order valence-corrected chi connectivity index (χ4v) is 1.06. The minimum atomic E-state index is -0.713. The normalized spacial score (nSPS) is 27.8. The molecule has 1 heterocycles. The Bertz CT molecular complexity index is 108. The van der Waals surface area contributed by atoms with Crippen LogP contribution in [0.2, 0.25) is 0 Å². The van der Waals surface area contributed by atoms with Crippen molar-refractivity contribution >= 4 is 5.97 Å². The van der Waals surface area contributed by atoms with Crippen molar-refractivity contribution in [2.75, 3.05) is 6.54 Å². The standard InChI is InChI=1S/C6H11NO2/c8-6(9)5-3-1-2-4-7-5/h5,7H,1-4H2,(H,8,9)/t5-/m0/s1/i5+2,6+2. The van der Waals surface area contributed by atoms with Crippen LogP contribution in [0.5, 0.6) is 0 Å². The largest absolute Gasteiger partial charge is 0.480 e. The zero-order chi connectivity index (χ0) is 6.69. The Morgan fingerprint density at radius 1 is 1.56 bits per heavy atom. The summed E-state index contributed by atoms with van der Waals surface area (Å²) < 4.78 is 0. The Morgan fingerprint density at radius 3 is 2.67 bits per heavy atom. The summed E-state index contributed by atoms with van der Waals surface area (Å²) in [6, 6.07) is -0.279. The van der Waals surface area contributed by atoms with Crippen molar-refractivity contribution in [1.29, 1.82) is 0 Å². The molecule has 0 bridgehead atoms. The lowest BCUT2D eigenvalue weighted by Crippen LogP contribution is -2.40. The SMILES string of the molecule is O=[14C](O)[14C@@H]1CCCCN1. The van der Waals surface area contributed by atoms with Crippen molar-refractivity contribution in [3.05, 3.63) is 0 Å². The molecule has 0 aromatic heterocycles. The van der Waals surface area contributed by atoms with Gasteiger partial charge in [0.05, 0.1) is 0 Å². The molecule has 2 N–H and O–H groups in total. The van der Waals surface area contributed by atoms with Crippen LogP contribution in [0.25, 0.3) is 0 Å². The molecule has 0 radical (unpaired) electrons. The number of hydrogen-bond acceptors (Lipinski definition) is 2. The summed E-state index contributed by atoms with van der Waals surface area (Å²) in [6.45, 7) is 0.858. The quantitative estimate of drug-likeness (QED) is 0.537. The highest BCUT2D eigenvalue weighted by atomic mass is 16.7. The minimum Gasteiger partial charge on any atom is -0.480 e. The predicted octanol–water partition coefficient (Wildman–Crippen LogP) is 0.213. The lowest BCUT2D eigenvalue weighted by molar-refractivity contribution is -0.140. The first-order valence-electron chi connectivity index (χ1n) is 3.27. The second-order valence-electron chi connectivity index (χ2n) is 2.34. The van der Waals surface area contributed by atoms with E-state index in [-0.39, 0.29) is 6.04 Å². The molecule has 0 aromatic carbocycles. The molecule has 1 fully saturated rings. The van der Waals surface area contributed by atoms with E-state index >= 15 is 0 Å². The molecular formula is C6H11NO2. The molecule has 0 saturated carbocycles. The molecule has 0 amide bonds. The van der Waals surface area contributed by atoms with Crippen molar-refractivity contribution in [3.8, 4) is 0 Å². The van der Waals surface area contributed by atoms with Crippen LogP contribution in [0.3, 0.4) is 0 Å². The van der Waals surface area contributed by atoms with Crippen LogP contribution < -0.4 is 5.32 Å². The fourth-order valence-electron chi connectivity index (χ4n) is 1.06. The lowest BCUT2D eigenvalue weighted by atomic mass is 10.3. The first-order valence-corrected chi connectivity index (χ1v) is 3.27. The molecule has 0 unspecified atom stereocenters. The zero-order valence-corrected chi connectivity index (χ0v) is 5.26. The Balaban J connectivity index is 2.31. The Kier molecular flexibility index (Phi) is 2.05. The monoisotopic (exact) mass is 133 g/mol. The molecule has 0 aromatic rings. The van der Waals surface area contributed by atoms with Gasteiger partial charge in [-0.2, -0.15) is 0 Å². The van der Waals surface area contributed by atoms with E-state index in [2.05, 4.69) is 5.32 Å². The van der Waals surface area contributed by atoms with Gasteiger partial charge in [-0.15, -0.1) is 0 Å². The highest BCUT2D eigenvalue weighted by Crippen LogP contribution is 2.05. The van der Waals surface area contributed by atoms with Gasteiger partial charge in [0, 0.05) is 0 Å². The molecule has 1 rings (SSSR count). The minimum absolute atomic E-state index is 0.279. The fraction of sp³-hybridized carbons (Fsp3) is 0.833. The summed E-state index contributed by atoms with van der Waals surface area (Å²) in [5, 5.41) is 11.4. The molecule has 1 aliphatic heterocycles. The van der Waals surface area contributed by atoms with E-state index in [4.69, 9.17) is 5.11 Å². The second kappa shape index (κ2) is 2.82. The number of carboxylic acids is 1. The van der Waals surface area contributed by atoms with E-state index in [1.165, 1.54) is 0 Å². The maximum Gasteiger partial charge on any atom is 0.320 e. The highest BCUT2D eigenvalue weighted by Gasteiger charge is 2.18. The van der Waals surface area contributed by atoms with Crippen LogP contribution in [0.1, 0.15) is 19.3 Å². The molecule has 3 nitrogen and oxygen atoms in total. The van der Waals surface area contributed by atoms with Gasteiger partial charge >= 0.3 is 5.97 Å². The Hall–Kier alpha value is -0.570. The highest BCUT2D eigenvalue weighted by molar-refractivity contribution is 5.73. The second-order valence-corrected chi connectivity index (χ2v) is 2.34. The number of piperidine rings is 1. The van der Waals surface area contributed by atoms with Gasteiger partial charge in [0.2, 0.25) is 0 Å². The number of rotatable bonds is 1. The van der Waals surface area contributed by atoms with Gasteiger partial charge in [0.25, 0.3) is 0 Å². The van der Waals surface area contributed by atoms with Crippen molar-refractivity contribution in [2.45, 2.75) is 25.3 Å². The maximum absolute atomic E-state index is 10.3. The van der Waals surface area contributed by atoms with Crippen molar-refractivity contribution in [1.82, 2.24) is 5.32 Å². The molecular weight excluding hydrogens is 122 g/mol. The number of nitrogens with one attached hydrogen (secondary N) is 1. The lowest BCUT2D eigenvalue weighted by Gasteiger charge is -2.18. The third-order valence-corrected chi connectivity index (χ3v) is 1.61. The number of carboxylic acid groups (broad SMARTS) is 1. The van der Waals surface area contributed by atoms with Gasteiger partial charge in [-0.3, -0.25) is 4.79 Å². The molecule has 9 heavy (non-hydrogen) atoms. The van der Waals surface area contributed by atoms with E-state index in [0.29, 0.717) is 0 Å². The average molecular weight is 133 g/mol. The van der Waals surface area contributed by atoms with E-state index in [9.17, 15) is 4.79 Å². The van der Waals surface area contributed by atoms with Crippen LogP contribution >= 0.6 is 0 Å². The average Bonchev–Trinajstić information content (AvgIpc) is 1.90. The summed E-state index contributed by atoms with van der Waals surface area (Å²) in [7, 11) is 0. The number of carbonyl (C=O) groups is 1. The third-order valence-electron chi connectivity index (χ3n) is 1.61. The molecule has 3 heteroatoms. The smallest absolute Gasteiger partial charge is 0.320 e. The van der Waals surface area contributed by atoms with Crippen LogP contribution in [-0.2, 0) is 4.79 Å². The van der Waals surface area contributed by atoms with Crippen molar-refractivity contribution < 1.29 is 9.90 Å². The van der Waals surface area contributed by atoms with Gasteiger partial charge < -0.3 is 10.4 Å². The van der Waals surface area contributed by atoms with Crippen LogP contribution in [0.4, 0.5) is 0 Å². The predicted molar refractivity (Wildman–Crippen MR) is 33.3 cm³/mol. The van der Waals surface area contributed by atoms with Crippen LogP contribution in [0.15, 0.2) is 0 Å². The summed E-state index contributed by atoms with van der Waals surface area (Å²) in [6.07, 6.45) is 2.95. The zero-order valence-electron chi connectivity index (χ0n) is 5.26. The summed E-state index contributed by atoms with van der Waals surface area (Å²) in [5.41, 5.74) is 0. The van der Waals surface area contributed by atoms with E-state index in [1.54, 1.807) is 0 Å². The molecule has 0 spiro atoms.